The van der Waals surface area contributed by atoms with Gasteiger partial charge in [0.25, 0.3) is 5.91 Å². The van der Waals surface area contributed by atoms with E-state index < -0.39 is 5.41 Å². The van der Waals surface area contributed by atoms with Gasteiger partial charge in [-0.15, -0.1) is 0 Å². The average molecular weight is 385 g/mol. The summed E-state index contributed by atoms with van der Waals surface area (Å²) in [5, 5.41) is 7.65. The van der Waals surface area contributed by atoms with Crippen molar-refractivity contribution in [2.75, 3.05) is 33.4 Å². The number of aromatic amines is 1. The lowest BCUT2D eigenvalue weighted by atomic mass is 9.67. The minimum Gasteiger partial charge on any atom is -0.383 e. The summed E-state index contributed by atoms with van der Waals surface area (Å²) in [5.74, 6) is 0.0441. The van der Waals surface area contributed by atoms with Crippen LogP contribution in [0.15, 0.2) is 18.3 Å². The Labute approximate surface area is 164 Å². The highest BCUT2D eigenvalue weighted by Crippen LogP contribution is 2.44. The number of nitrogens with one attached hydrogen (secondary N) is 1. The predicted octanol–water partition coefficient (Wildman–Crippen LogP) is 1.84. The van der Waals surface area contributed by atoms with Gasteiger partial charge in [-0.3, -0.25) is 14.7 Å². The Kier molecular flexibility index (Phi) is 5.05. The molecule has 2 fully saturated rings. The first-order valence-electron chi connectivity index (χ1n) is 9.96. The molecule has 0 unspecified atom stereocenters. The number of ether oxygens (including phenoxy) is 1. The number of carbonyl (C=O) groups is 2. The Morgan fingerprint density at radius 1 is 1.32 bits per heavy atom. The fourth-order valence-corrected chi connectivity index (χ4v) is 4.78. The topological polar surface area (TPSA) is 91.4 Å². The van der Waals surface area contributed by atoms with Gasteiger partial charge in [0.2, 0.25) is 5.91 Å². The predicted molar refractivity (Wildman–Crippen MR) is 104 cm³/mol. The van der Waals surface area contributed by atoms with Crippen LogP contribution < -0.4 is 0 Å². The van der Waals surface area contributed by atoms with E-state index in [1.54, 1.807) is 19.4 Å². The number of carbonyl (C=O) groups excluding carboxylic acids is 2. The number of aromatic nitrogens is 3. The molecule has 1 spiro atoms. The molecule has 28 heavy (non-hydrogen) atoms. The number of likely N-dealkylation sites (tertiary alicyclic amines) is 2. The zero-order valence-electron chi connectivity index (χ0n) is 16.5. The van der Waals surface area contributed by atoms with Gasteiger partial charge in [0.1, 0.15) is 5.69 Å². The summed E-state index contributed by atoms with van der Waals surface area (Å²) in [6, 6.07) is 3.43. The molecule has 0 aromatic carbocycles. The molecule has 0 aliphatic carbocycles. The Balaban J connectivity index is 1.59. The molecular formula is C20H27N5O3. The van der Waals surface area contributed by atoms with Crippen LogP contribution >= 0.6 is 0 Å². The van der Waals surface area contributed by atoms with E-state index in [1.165, 1.54) is 0 Å². The van der Waals surface area contributed by atoms with E-state index >= 15 is 0 Å². The lowest BCUT2D eigenvalue weighted by molar-refractivity contribution is -0.154. The SMILES string of the molecule is COCCN1CCC[C@@]2(CCCN(C(=O)c3ccc4cn[nH]c4n3)[C@@H]2C)C1=O. The van der Waals surface area contributed by atoms with Crippen LogP contribution in [0.4, 0.5) is 0 Å². The molecule has 2 amide bonds. The number of amides is 2. The first kappa shape index (κ1) is 18.9. The number of rotatable bonds is 4. The molecule has 8 heteroatoms. The third kappa shape index (κ3) is 3.05. The van der Waals surface area contributed by atoms with Crippen molar-refractivity contribution in [3.63, 3.8) is 0 Å². The van der Waals surface area contributed by atoms with Crippen molar-refractivity contribution in [2.45, 2.75) is 38.6 Å². The van der Waals surface area contributed by atoms with Crippen LogP contribution in [0.3, 0.4) is 0 Å². The smallest absolute Gasteiger partial charge is 0.272 e. The molecular weight excluding hydrogens is 358 g/mol. The molecule has 150 valence electrons. The van der Waals surface area contributed by atoms with Crippen molar-refractivity contribution < 1.29 is 14.3 Å². The van der Waals surface area contributed by atoms with E-state index in [0.29, 0.717) is 31.0 Å². The summed E-state index contributed by atoms with van der Waals surface area (Å²) >= 11 is 0. The number of methoxy groups -OCH3 is 1. The number of nitrogens with zero attached hydrogens (tertiary/aromatic N) is 4. The quantitative estimate of drug-likeness (QED) is 0.867. The zero-order chi connectivity index (χ0) is 19.7. The molecule has 0 saturated carbocycles. The molecule has 2 aromatic heterocycles. The van der Waals surface area contributed by atoms with Crippen molar-refractivity contribution in [1.29, 1.82) is 0 Å². The monoisotopic (exact) mass is 385 g/mol. The van der Waals surface area contributed by atoms with Gasteiger partial charge in [-0.25, -0.2) is 4.98 Å². The fraction of sp³-hybridized carbons (Fsp3) is 0.600. The number of hydrogen-bond donors (Lipinski definition) is 1. The molecule has 2 aromatic rings. The maximum atomic E-state index is 13.4. The number of fused-ring (bicyclic) bond motifs is 1. The molecule has 2 saturated heterocycles. The number of H-pyrrole nitrogens is 1. The molecule has 0 bridgehead atoms. The van der Waals surface area contributed by atoms with Crippen LogP contribution in [0.1, 0.15) is 43.1 Å². The maximum Gasteiger partial charge on any atom is 0.272 e. The third-order valence-electron chi connectivity index (χ3n) is 6.40. The summed E-state index contributed by atoms with van der Waals surface area (Å²) < 4.78 is 5.17. The Morgan fingerprint density at radius 3 is 2.89 bits per heavy atom. The van der Waals surface area contributed by atoms with E-state index in [4.69, 9.17) is 4.74 Å². The lowest BCUT2D eigenvalue weighted by Crippen LogP contribution is -2.62. The normalized spacial score (nSPS) is 25.6. The summed E-state index contributed by atoms with van der Waals surface area (Å²) in [5.41, 5.74) is 0.489. The fourth-order valence-electron chi connectivity index (χ4n) is 4.78. The van der Waals surface area contributed by atoms with Gasteiger partial charge in [0.15, 0.2) is 5.65 Å². The summed E-state index contributed by atoms with van der Waals surface area (Å²) in [6.07, 6.45) is 5.12. The number of piperidine rings is 2. The van der Waals surface area contributed by atoms with E-state index in [-0.39, 0.29) is 17.9 Å². The van der Waals surface area contributed by atoms with Gasteiger partial charge >= 0.3 is 0 Å². The second kappa shape index (κ2) is 7.50. The largest absolute Gasteiger partial charge is 0.383 e. The first-order valence-corrected chi connectivity index (χ1v) is 9.96. The van der Waals surface area contributed by atoms with Gasteiger partial charge in [0.05, 0.1) is 18.2 Å². The molecule has 4 heterocycles. The summed E-state index contributed by atoms with van der Waals surface area (Å²) in [7, 11) is 1.65. The Morgan fingerprint density at radius 2 is 2.11 bits per heavy atom. The van der Waals surface area contributed by atoms with Crippen LogP contribution in [-0.2, 0) is 9.53 Å². The van der Waals surface area contributed by atoms with Gasteiger partial charge in [-0.05, 0) is 44.7 Å². The van der Waals surface area contributed by atoms with Crippen molar-refractivity contribution in [3.8, 4) is 0 Å². The minimum absolute atomic E-state index is 0.120. The molecule has 2 aliphatic rings. The third-order valence-corrected chi connectivity index (χ3v) is 6.40. The molecule has 1 N–H and O–H groups in total. The van der Waals surface area contributed by atoms with E-state index in [9.17, 15) is 9.59 Å². The minimum atomic E-state index is -0.502. The van der Waals surface area contributed by atoms with E-state index in [0.717, 1.165) is 37.6 Å². The molecule has 0 radical (unpaired) electrons. The van der Waals surface area contributed by atoms with Crippen LogP contribution in [0, 0.1) is 5.41 Å². The highest BCUT2D eigenvalue weighted by atomic mass is 16.5. The first-order chi connectivity index (χ1) is 13.6. The second-order valence-electron chi connectivity index (χ2n) is 7.83. The number of pyridine rings is 1. The van der Waals surface area contributed by atoms with Crippen molar-refractivity contribution in [1.82, 2.24) is 25.0 Å². The zero-order valence-corrected chi connectivity index (χ0v) is 16.5. The Hall–Kier alpha value is -2.48. The van der Waals surface area contributed by atoms with Crippen LogP contribution in [0.25, 0.3) is 11.0 Å². The highest BCUT2D eigenvalue weighted by Gasteiger charge is 2.52. The molecule has 4 rings (SSSR count). The molecule has 8 nitrogen and oxygen atoms in total. The van der Waals surface area contributed by atoms with Crippen LogP contribution in [0.5, 0.6) is 0 Å². The molecule has 2 aliphatic heterocycles. The van der Waals surface area contributed by atoms with Crippen LogP contribution in [0.2, 0.25) is 0 Å². The van der Waals surface area contributed by atoms with E-state index in [1.807, 2.05) is 22.8 Å². The average Bonchev–Trinajstić information content (AvgIpc) is 3.18. The van der Waals surface area contributed by atoms with Gasteiger partial charge < -0.3 is 14.5 Å². The van der Waals surface area contributed by atoms with Crippen molar-refractivity contribution in [3.05, 3.63) is 24.0 Å². The van der Waals surface area contributed by atoms with Crippen molar-refractivity contribution >= 4 is 22.8 Å². The number of hydrogen-bond acceptors (Lipinski definition) is 5. The lowest BCUT2D eigenvalue weighted by Gasteiger charge is -2.51. The Bertz CT molecular complexity index is 878. The highest BCUT2D eigenvalue weighted by molar-refractivity contribution is 5.95. The standard InChI is InChI=1S/C20H27N5O3/c1-14-20(7-3-9-24(19(20)27)11-12-28-2)8-4-10-25(14)18(26)16-6-5-15-13-21-23-17(15)22-16/h5-6,13-14H,3-4,7-12H2,1-2H3,(H,21,22,23)/t14-,20+/m1/s1. The van der Waals surface area contributed by atoms with Gasteiger partial charge in [0, 0.05) is 38.2 Å². The second-order valence-corrected chi connectivity index (χ2v) is 7.83. The summed E-state index contributed by atoms with van der Waals surface area (Å²) in [6.45, 7) is 4.57. The van der Waals surface area contributed by atoms with Crippen LogP contribution in [-0.4, -0.2) is 76.2 Å². The summed E-state index contributed by atoms with van der Waals surface area (Å²) in [4.78, 5) is 34.8. The van der Waals surface area contributed by atoms with Crippen molar-refractivity contribution in [2.24, 2.45) is 5.41 Å². The van der Waals surface area contributed by atoms with E-state index in [2.05, 4.69) is 15.2 Å². The maximum absolute atomic E-state index is 13.4. The molecule has 2 atom stereocenters. The van der Waals surface area contributed by atoms with Gasteiger partial charge in [-0.1, -0.05) is 0 Å². The van der Waals surface area contributed by atoms with Gasteiger partial charge in [-0.2, -0.15) is 5.10 Å².